The van der Waals surface area contributed by atoms with E-state index in [0.29, 0.717) is 6.42 Å². The minimum Gasteiger partial charge on any atom is -0.393 e. The number of rotatable bonds is 3. The lowest BCUT2D eigenvalue weighted by Gasteiger charge is -2.47. The fraction of sp³-hybridized carbons (Fsp3) is 1.00. The number of aliphatic hydroxyl groups is 2. The zero-order valence-electron chi connectivity index (χ0n) is 11.0. The zero-order valence-corrected chi connectivity index (χ0v) is 11.0. The fourth-order valence-electron chi connectivity index (χ4n) is 2.37. The minimum atomic E-state index is -0.828. The van der Waals surface area contributed by atoms with Crippen molar-refractivity contribution >= 4 is 0 Å². The predicted molar refractivity (Wildman–Crippen MR) is 62.9 cm³/mol. The van der Waals surface area contributed by atoms with E-state index in [0.717, 1.165) is 6.42 Å². The highest BCUT2D eigenvalue weighted by molar-refractivity contribution is 4.89. The maximum Gasteiger partial charge on any atom is 0.0967 e. The van der Waals surface area contributed by atoms with Crippen molar-refractivity contribution in [1.82, 2.24) is 5.06 Å². The lowest BCUT2D eigenvalue weighted by Crippen LogP contribution is -2.56. The van der Waals surface area contributed by atoms with Crippen LogP contribution in [-0.2, 0) is 4.84 Å². The Morgan fingerprint density at radius 2 is 2.00 bits per heavy atom. The van der Waals surface area contributed by atoms with Crippen LogP contribution in [0.25, 0.3) is 0 Å². The van der Waals surface area contributed by atoms with E-state index in [1.54, 1.807) is 13.8 Å². The molecule has 0 aromatic rings. The summed E-state index contributed by atoms with van der Waals surface area (Å²) in [6, 6.07) is 0.168. The molecule has 0 aromatic heterocycles. The summed E-state index contributed by atoms with van der Waals surface area (Å²) in [5.74, 6) is 0. The van der Waals surface area contributed by atoms with Gasteiger partial charge in [-0.05, 0) is 47.5 Å². The third-order valence-corrected chi connectivity index (χ3v) is 2.90. The quantitative estimate of drug-likeness (QED) is 0.769. The van der Waals surface area contributed by atoms with Crippen LogP contribution in [-0.4, -0.2) is 45.2 Å². The molecule has 1 fully saturated rings. The standard InChI is InChI=1S/C12H25NO3/c1-9-6-10(14)7-11(2,3)13(9)16-8-12(4,5)15/h9-10,14-15H,6-8H2,1-5H3. The monoisotopic (exact) mass is 231 g/mol. The van der Waals surface area contributed by atoms with Gasteiger partial charge in [0, 0.05) is 11.6 Å². The Balaban J connectivity index is 2.62. The number of aliphatic hydroxyl groups excluding tert-OH is 1. The van der Waals surface area contributed by atoms with Gasteiger partial charge in [-0.1, -0.05) is 0 Å². The molecular weight excluding hydrogens is 206 g/mol. The van der Waals surface area contributed by atoms with E-state index in [2.05, 4.69) is 13.8 Å². The van der Waals surface area contributed by atoms with Gasteiger partial charge >= 0.3 is 0 Å². The Morgan fingerprint density at radius 1 is 1.44 bits per heavy atom. The molecule has 4 nitrogen and oxygen atoms in total. The average Bonchev–Trinajstić information content (AvgIpc) is 1.96. The predicted octanol–water partition coefficient (Wildman–Crippen LogP) is 1.31. The van der Waals surface area contributed by atoms with Gasteiger partial charge in [-0.3, -0.25) is 4.84 Å². The summed E-state index contributed by atoms with van der Waals surface area (Å²) in [4.78, 5) is 5.70. The molecule has 4 heteroatoms. The fourth-order valence-corrected chi connectivity index (χ4v) is 2.37. The van der Waals surface area contributed by atoms with Crippen molar-refractivity contribution in [3.8, 4) is 0 Å². The number of hydroxylamine groups is 2. The molecule has 0 saturated carbocycles. The van der Waals surface area contributed by atoms with Gasteiger partial charge in [0.2, 0.25) is 0 Å². The van der Waals surface area contributed by atoms with E-state index < -0.39 is 5.60 Å². The maximum absolute atomic E-state index is 9.73. The number of nitrogens with zero attached hydrogens (tertiary/aromatic N) is 1. The lowest BCUT2D eigenvalue weighted by atomic mass is 9.87. The largest absolute Gasteiger partial charge is 0.393 e. The van der Waals surface area contributed by atoms with Crippen LogP contribution in [0.3, 0.4) is 0 Å². The van der Waals surface area contributed by atoms with Crippen molar-refractivity contribution in [3.05, 3.63) is 0 Å². The molecule has 1 heterocycles. The Morgan fingerprint density at radius 3 is 2.44 bits per heavy atom. The van der Waals surface area contributed by atoms with Crippen LogP contribution in [0.2, 0.25) is 0 Å². The Hall–Kier alpha value is -0.160. The van der Waals surface area contributed by atoms with Crippen LogP contribution < -0.4 is 0 Å². The molecule has 96 valence electrons. The molecule has 0 amide bonds. The summed E-state index contributed by atoms with van der Waals surface area (Å²) in [6.45, 7) is 9.87. The summed E-state index contributed by atoms with van der Waals surface area (Å²) in [5.41, 5.74) is -1.02. The second-order valence-corrected chi connectivity index (χ2v) is 6.17. The highest BCUT2D eigenvalue weighted by Gasteiger charge is 2.40. The first kappa shape index (κ1) is 13.9. The molecule has 0 bridgehead atoms. The van der Waals surface area contributed by atoms with E-state index >= 15 is 0 Å². The van der Waals surface area contributed by atoms with Crippen molar-refractivity contribution in [3.63, 3.8) is 0 Å². The summed E-state index contributed by atoms with van der Waals surface area (Å²) in [5, 5.41) is 21.3. The van der Waals surface area contributed by atoms with Crippen LogP contribution in [0.1, 0.15) is 47.5 Å². The molecule has 16 heavy (non-hydrogen) atoms. The Kier molecular flexibility index (Phi) is 4.00. The van der Waals surface area contributed by atoms with Crippen molar-refractivity contribution in [2.24, 2.45) is 0 Å². The first-order valence-electron chi connectivity index (χ1n) is 5.94. The average molecular weight is 231 g/mol. The van der Waals surface area contributed by atoms with Gasteiger partial charge < -0.3 is 10.2 Å². The molecule has 2 N–H and O–H groups in total. The van der Waals surface area contributed by atoms with Gasteiger partial charge in [0.1, 0.15) is 0 Å². The third kappa shape index (κ3) is 3.70. The van der Waals surface area contributed by atoms with Gasteiger partial charge in [-0.25, -0.2) is 0 Å². The molecule has 0 aromatic carbocycles. The third-order valence-electron chi connectivity index (χ3n) is 2.90. The normalized spacial score (nSPS) is 31.7. The minimum absolute atomic E-state index is 0.168. The molecule has 0 aliphatic carbocycles. The summed E-state index contributed by atoms with van der Waals surface area (Å²) in [7, 11) is 0. The van der Waals surface area contributed by atoms with Crippen molar-refractivity contribution in [2.75, 3.05) is 6.61 Å². The highest BCUT2D eigenvalue weighted by Crippen LogP contribution is 2.32. The molecule has 1 saturated heterocycles. The van der Waals surface area contributed by atoms with Crippen molar-refractivity contribution in [2.45, 2.75) is 70.7 Å². The van der Waals surface area contributed by atoms with Gasteiger partial charge in [-0.2, -0.15) is 5.06 Å². The van der Waals surface area contributed by atoms with Gasteiger partial charge in [0.25, 0.3) is 0 Å². The van der Waals surface area contributed by atoms with Crippen LogP contribution in [0.15, 0.2) is 0 Å². The zero-order chi connectivity index (χ0) is 12.6. The van der Waals surface area contributed by atoms with Crippen LogP contribution in [0.4, 0.5) is 0 Å². The van der Waals surface area contributed by atoms with E-state index in [1.165, 1.54) is 0 Å². The van der Waals surface area contributed by atoms with E-state index in [4.69, 9.17) is 4.84 Å². The molecule has 2 atom stereocenters. The van der Waals surface area contributed by atoms with E-state index in [9.17, 15) is 10.2 Å². The van der Waals surface area contributed by atoms with E-state index in [1.807, 2.05) is 12.0 Å². The molecule has 2 unspecified atom stereocenters. The second-order valence-electron chi connectivity index (χ2n) is 6.17. The van der Waals surface area contributed by atoms with Gasteiger partial charge in [-0.15, -0.1) is 0 Å². The first-order valence-corrected chi connectivity index (χ1v) is 5.94. The summed E-state index contributed by atoms with van der Waals surface area (Å²) < 4.78 is 0. The summed E-state index contributed by atoms with van der Waals surface area (Å²) >= 11 is 0. The molecule has 0 radical (unpaired) electrons. The maximum atomic E-state index is 9.73. The molecule has 1 aliphatic heterocycles. The smallest absolute Gasteiger partial charge is 0.0967 e. The van der Waals surface area contributed by atoms with Crippen LogP contribution in [0, 0.1) is 0 Å². The number of hydrogen-bond donors (Lipinski definition) is 2. The van der Waals surface area contributed by atoms with Gasteiger partial charge in [0.05, 0.1) is 18.3 Å². The summed E-state index contributed by atoms with van der Waals surface area (Å²) in [6.07, 6.45) is 1.16. The lowest BCUT2D eigenvalue weighted by molar-refractivity contribution is -0.279. The number of hydrogen-bond acceptors (Lipinski definition) is 4. The Bertz CT molecular complexity index is 235. The first-order chi connectivity index (χ1) is 7.12. The molecule has 1 aliphatic rings. The molecule has 1 rings (SSSR count). The van der Waals surface area contributed by atoms with Crippen molar-refractivity contribution < 1.29 is 15.1 Å². The van der Waals surface area contributed by atoms with Crippen LogP contribution in [0.5, 0.6) is 0 Å². The number of piperidine rings is 1. The molecular formula is C12H25NO3. The van der Waals surface area contributed by atoms with Crippen molar-refractivity contribution in [1.29, 1.82) is 0 Å². The van der Waals surface area contributed by atoms with Gasteiger partial charge in [0.15, 0.2) is 0 Å². The SMILES string of the molecule is CC1CC(O)CC(C)(C)N1OCC(C)(C)O. The molecule has 0 spiro atoms. The highest BCUT2D eigenvalue weighted by atomic mass is 16.7. The van der Waals surface area contributed by atoms with E-state index in [-0.39, 0.29) is 24.3 Å². The second kappa shape index (κ2) is 4.61. The van der Waals surface area contributed by atoms with Crippen LogP contribution >= 0.6 is 0 Å². The topological polar surface area (TPSA) is 52.9 Å². The Labute approximate surface area is 98.2 Å².